The molecule has 2 amide bonds. The lowest BCUT2D eigenvalue weighted by Gasteiger charge is -2.39. The number of hydrogen-bond donors (Lipinski definition) is 2. The quantitative estimate of drug-likeness (QED) is 0.372. The number of phenolic OH excluding ortho intramolecular Hbond substituents is 1. The van der Waals surface area contributed by atoms with Crippen molar-refractivity contribution in [1.29, 1.82) is 0 Å². The molecule has 2 N–H and O–H groups in total. The zero-order valence-electron chi connectivity index (χ0n) is 21.8. The number of unbranched alkanes of at least 4 members (excludes halogenated alkanes) is 1. The van der Waals surface area contributed by atoms with Gasteiger partial charge in [-0.1, -0.05) is 38.3 Å². The van der Waals surface area contributed by atoms with E-state index in [1.165, 1.54) is 12.0 Å². The van der Waals surface area contributed by atoms with Crippen molar-refractivity contribution in [1.82, 2.24) is 14.9 Å². The number of methoxy groups -OCH3 is 1. The average molecular weight is 535 g/mol. The SMILES string of the molecule is CCN(CC)CCCCNc1ncc2c(n1)N(C1CCCC1)C(=O)N(c1c(F)c(O)cc(OC)c1Cl)C2. The van der Waals surface area contributed by atoms with Crippen molar-refractivity contribution >= 4 is 35.1 Å². The zero-order valence-corrected chi connectivity index (χ0v) is 22.5. The summed E-state index contributed by atoms with van der Waals surface area (Å²) in [4.78, 5) is 28.3. The molecular weight excluding hydrogens is 499 g/mol. The minimum atomic E-state index is -0.974. The van der Waals surface area contributed by atoms with Crippen LogP contribution in [-0.2, 0) is 6.54 Å². The molecule has 9 nitrogen and oxygen atoms in total. The highest BCUT2D eigenvalue weighted by molar-refractivity contribution is 6.35. The van der Waals surface area contributed by atoms with E-state index in [9.17, 15) is 9.90 Å². The summed E-state index contributed by atoms with van der Waals surface area (Å²) < 4.78 is 20.3. The first-order chi connectivity index (χ1) is 17.9. The number of carbonyl (C=O) groups is 1. The third-order valence-electron chi connectivity index (χ3n) is 7.22. The van der Waals surface area contributed by atoms with Gasteiger partial charge < -0.3 is 20.1 Å². The van der Waals surface area contributed by atoms with Crippen molar-refractivity contribution in [2.24, 2.45) is 0 Å². The molecule has 202 valence electrons. The fraction of sp³-hybridized carbons (Fsp3) is 0.577. The topological polar surface area (TPSA) is 94.1 Å². The van der Waals surface area contributed by atoms with Crippen LogP contribution in [0, 0.1) is 5.82 Å². The maximum absolute atomic E-state index is 15.1. The second kappa shape index (κ2) is 12.1. The molecule has 1 aromatic heterocycles. The first-order valence-corrected chi connectivity index (χ1v) is 13.4. The van der Waals surface area contributed by atoms with E-state index >= 15 is 4.39 Å². The molecule has 2 aliphatic rings. The maximum Gasteiger partial charge on any atom is 0.330 e. The van der Waals surface area contributed by atoms with Crippen molar-refractivity contribution in [3.8, 4) is 11.5 Å². The van der Waals surface area contributed by atoms with Crippen molar-refractivity contribution in [3.63, 3.8) is 0 Å². The molecule has 0 radical (unpaired) electrons. The normalized spacial score (nSPS) is 16.0. The Kier molecular flexibility index (Phi) is 8.91. The first kappa shape index (κ1) is 27.2. The highest BCUT2D eigenvalue weighted by atomic mass is 35.5. The van der Waals surface area contributed by atoms with Gasteiger partial charge in [-0.25, -0.2) is 14.2 Å². The van der Waals surface area contributed by atoms with Crippen LogP contribution in [0.2, 0.25) is 5.02 Å². The van der Waals surface area contributed by atoms with E-state index in [4.69, 9.17) is 21.3 Å². The molecule has 2 heterocycles. The molecular formula is C26H36ClFN6O3. The summed E-state index contributed by atoms with van der Waals surface area (Å²) in [7, 11) is 1.37. The largest absolute Gasteiger partial charge is 0.505 e. The minimum Gasteiger partial charge on any atom is -0.505 e. The van der Waals surface area contributed by atoms with Crippen LogP contribution in [0.1, 0.15) is 57.9 Å². The third kappa shape index (κ3) is 5.70. The van der Waals surface area contributed by atoms with E-state index in [0.29, 0.717) is 17.3 Å². The first-order valence-electron chi connectivity index (χ1n) is 13.1. The molecule has 1 aliphatic carbocycles. The lowest BCUT2D eigenvalue weighted by Crippen LogP contribution is -2.52. The van der Waals surface area contributed by atoms with Crippen LogP contribution >= 0.6 is 11.6 Å². The number of fused-ring (bicyclic) bond motifs is 1. The summed E-state index contributed by atoms with van der Waals surface area (Å²) in [6.07, 6.45) is 7.39. The molecule has 0 atom stereocenters. The second-order valence-electron chi connectivity index (χ2n) is 9.45. The van der Waals surface area contributed by atoms with Gasteiger partial charge in [0.25, 0.3) is 0 Å². The van der Waals surface area contributed by atoms with Gasteiger partial charge in [-0.05, 0) is 45.3 Å². The average Bonchev–Trinajstić information content (AvgIpc) is 3.43. The van der Waals surface area contributed by atoms with Crippen LogP contribution in [-0.4, -0.2) is 65.3 Å². The summed E-state index contributed by atoms with van der Waals surface area (Å²) in [5.74, 6) is -0.526. The summed E-state index contributed by atoms with van der Waals surface area (Å²) in [6.45, 7) is 8.23. The van der Waals surface area contributed by atoms with Crippen LogP contribution in [0.5, 0.6) is 11.5 Å². The van der Waals surface area contributed by atoms with Crippen LogP contribution in [0.3, 0.4) is 0 Å². The summed E-state index contributed by atoms with van der Waals surface area (Å²) >= 11 is 6.43. The molecule has 0 unspecified atom stereocenters. The third-order valence-corrected chi connectivity index (χ3v) is 7.58. The Bertz CT molecular complexity index is 1110. The fourth-order valence-electron chi connectivity index (χ4n) is 5.10. The standard InChI is InChI=1S/C26H36ClFN6O3/c1-4-32(5-2)13-9-8-12-29-25-30-15-17-16-33(23-21(27)20(37-3)14-19(35)22(23)28)26(36)34(24(17)31-25)18-10-6-7-11-18/h14-15,18,35H,4-13,16H2,1-3H3,(H,29,30,31). The van der Waals surface area contributed by atoms with E-state index in [1.54, 1.807) is 11.1 Å². The highest BCUT2D eigenvalue weighted by Crippen LogP contribution is 2.45. The predicted molar refractivity (Wildman–Crippen MR) is 143 cm³/mol. The number of phenols is 1. The summed E-state index contributed by atoms with van der Waals surface area (Å²) in [5.41, 5.74) is 0.462. The summed E-state index contributed by atoms with van der Waals surface area (Å²) in [5, 5.41) is 13.4. The number of amides is 2. The molecule has 1 aromatic carbocycles. The second-order valence-corrected chi connectivity index (χ2v) is 9.83. The molecule has 1 saturated carbocycles. The fourth-order valence-corrected chi connectivity index (χ4v) is 5.42. The number of nitrogens with zero attached hydrogens (tertiary/aromatic N) is 5. The number of carbonyl (C=O) groups excluding carboxylic acids is 1. The number of nitrogens with one attached hydrogen (secondary N) is 1. The van der Waals surface area contributed by atoms with Gasteiger partial charge in [0.1, 0.15) is 22.3 Å². The molecule has 11 heteroatoms. The zero-order chi connectivity index (χ0) is 26.5. The van der Waals surface area contributed by atoms with Gasteiger partial charge in [-0.15, -0.1) is 0 Å². The lowest BCUT2D eigenvalue weighted by molar-refractivity contribution is 0.247. The monoisotopic (exact) mass is 534 g/mol. The van der Waals surface area contributed by atoms with E-state index in [-0.39, 0.29) is 29.0 Å². The van der Waals surface area contributed by atoms with Gasteiger partial charge >= 0.3 is 6.03 Å². The number of urea groups is 1. The Hall–Kier alpha value is -2.85. The minimum absolute atomic E-state index is 0.0186. The molecule has 0 bridgehead atoms. The van der Waals surface area contributed by atoms with Crippen molar-refractivity contribution < 1.29 is 19.0 Å². The molecule has 1 aliphatic heterocycles. The Balaban J connectivity index is 1.59. The van der Waals surface area contributed by atoms with Gasteiger partial charge in [0, 0.05) is 30.4 Å². The number of benzene rings is 1. The van der Waals surface area contributed by atoms with E-state index < -0.39 is 17.6 Å². The van der Waals surface area contributed by atoms with Gasteiger partial charge in [0.05, 0.1) is 13.7 Å². The van der Waals surface area contributed by atoms with Crippen LogP contribution in [0.25, 0.3) is 0 Å². The predicted octanol–water partition coefficient (Wildman–Crippen LogP) is 5.41. The van der Waals surface area contributed by atoms with Gasteiger partial charge in [0.2, 0.25) is 5.95 Å². The van der Waals surface area contributed by atoms with Gasteiger partial charge in [0.15, 0.2) is 11.6 Å². The van der Waals surface area contributed by atoms with E-state index in [0.717, 1.165) is 70.8 Å². The number of halogens is 2. The smallest absolute Gasteiger partial charge is 0.330 e. The van der Waals surface area contributed by atoms with Gasteiger partial charge in [-0.2, -0.15) is 4.98 Å². The molecule has 0 spiro atoms. The van der Waals surface area contributed by atoms with Crippen LogP contribution in [0.4, 0.5) is 26.6 Å². The van der Waals surface area contributed by atoms with Crippen molar-refractivity contribution in [2.45, 2.75) is 65.0 Å². The molecule has 4 rings (SSSR count). The van der Waals surface area contributed by atoms with Gasteiger partial charge in [-0.3, -0.25) is 9.80 Å². The van der Waals surface area contributed by atoms with Crippen molar-refractivity contribution in [3.05, 3.63) is 28.7 Å². The van der Waals surface area contributed by atoms with E-state index in [1.807, 2.05) is 0 Å². The Morgan fingerprint density at radius 1 is 1.27 bits per heavy atom. The number of aromatic nitrogens is 2. The number of rotatable bonds is 11. The van der Waals surface area contributed by atoms with Crippen LogP contribution < -0.4 is 19.9 Å². The maximum atomic E-state index is 15.1. The number of aromatic hydroxyl groups is 1. The number of hydrogen-bond acceptors (Lipinski definition) is 7. The highest BCUT2D eigenvalue weighted by Gasteiger charge is 2.40. The summed E-state index contributed by atoms with van der Waals surface area (Å²) in [6, 6.07) is 0.602. The Morgan fingerprint density at radius 3 is 2.68 bits per heavy atom. The molecule has 0 saturated heterocycles. The van der Waals surface area contributed by atoms with Crippen molar-refractivity contribution in [2.75, 3.05) is 48.4 Å². The molecule has 1 fully saturated rings. The Morgan fingerprint density at radius 2 is 2.00 bits per heavy atom. The van der Waals surface area contributed by atoms with Crippen LogP contribution in [0.15, 0.2) is 12.3 Å². The molecule has 37 heavy (non-hydrogen) atoms. The Labute approximate surface area is 222 Å². The molecule has 2 aromatic rings. The van der Waals surface area contributed by atoms with E-state index in [2.05, 4.69) is 29.0 Å². The number of anilines is 3. The number of ether oxygens (including phenoxy) is 1. The lowest BCUT2D eigenvalue weighted by atomic mass is 10.1.